The second kappa shape index (κ2) is 9.71. The number of carbonyl (C=O) groups excluding carboxylic acids is 2. The van der Waals surface area contributed by atoms with Gasteiger partial charge in [-0.2, -0.15) is 0 Å². The van der Waals surface area contributed by atoms with E-state index in [1.807, 2.05) is 5.32 Å². The third-order valence-corrected chi connectivity index (χ3v) is 4.05. The number of hydrogen-bond donors (Lipinski definition) is 1. The van der Waals surface area contributed by atoms with Gasteiger partial charge >= 0.3 is 5.97 Å². The molecular formula is C20H19ClF3NO5. The van der Waals surface area contributed by atoms with Gasteiger partial charge in [0.2, 0.25) is 0 Å². The Morgan fingerprint density at radius 3 is 2.33 bits per heavy atom. The predicted molar refractivity (Wildman–Crippen MR) is 104 cm³/mol. The van der Waals surface area contributed by atoms with E-state index in [9.17, 15) is 22.8 Å². The maximum atomic E-state index is 13.7. The second-order valence-corrected chi connectivity index (χ2v) is 6.82. The molecular weight excluding hydrogens is 427 g/mol. The molecule has 0 saturated heterocycles. The number of rotatable bonds is 7. The Kier molecular flexibility index (Phi) is 7.55. The van der Waals surface area contributed by atoms with Crippen LogP contribution in [-0.4, -0.2) is 31.2 Å². The molecule has 0 aliphatic heterocycles. The largest absolute Gasteiger partial charge is 0.493 e. The molecule has 6 nitrogen and oxygen atoms in total. The molecule has 30 heavy (non-hydrogen) atoms. The third kappa shape index (κ3) is 5.35. The van der Waals surface area contributed by atoms with Crippen LogP contribution in [-0.2, 0) is 9.53 Å². The van der Waals surface area contributed by atoms with Crippen LogP contribution >= 0.6 is 11.6 Å². The van der Waals surface area contributed by atoms with Crippen molar-refractivity contribution < 1.29 is 37.0 Å². The molecule has 10 heteroatoms. The van der Waals surface area contributed by atoms with E-state index < -0.39 is 41.1 Å². The van der Waals surface area contributed by atoms with Gasteiger partial charge in [0.05, 0.1) is 29.5 Å². The third-order valence-electron chi connectivity index (χ3n) is 3.76. The molecule has 2 rings (SSSR count). The number of amides is 1. The van der Waals surface area contributed by atoms with E-state index >= 15 is 0 Å². The van der Waals surface area contributed by atoms with Crippen LogP contribution in [0.25, 0.3) is 0 Å². The van der Waals surface area contributed by atoms with Gasteiger partial charge in [-0.3, -0.25) is 4.79 Å². The summed E-state index contributed by atoms with van der Waals surface area (Å²) in [5, 5.41) is 2.12. The van der Waals surface area contributed by atoms with E-state index in [1.54, 1.807) is 13.8 Å². The topological polar surface area (TPSA) is 73.9 Å². The van der Waals surface area contributed by atoms with Crippen molar-refractivity contribution in [1.82, 2.24) is 0 Å². The van der Waals surface area contributed by atoms with E-state index in [2.05, 4.69) is 0 Å². The molecule has 1 atom stereocenters. The predicted octanol–water partition coefficient (Wildman–Crippen LogP) is 4.74. The van der Waals surface area contributed by atoms with Gasteiger partial charge < -0.3 is 19.5 Å². The zero-order valence-electron chi connectivity index (χ0n) is 16.5. The zero-order valence-corrected chi connectivity index (χ0v) is 17.3. The Labute approximate surface area is 175 Å². The van der Waals surface area contributed by atoms with Gasteiger partial charge in [-0.25, -0.2) is 18.0 Å². The van der Waals surface area contributed by atoms with E-state index in [0.29, 0.717) is 6.07 Å². The summed E-state index contributed by atoms with van der Waals surface area (Å²) in [6, 6.07) is 4.10. The molecule has 0 bridgehead atoms. The van der Waals surface area contributed by atoms with Gasteiger partial charge in [0, 0.05) is 0 Å². The maximum absolute atomic E-state index is 13.7. The Morgan fingerprint density at radius 2 is 1.73 bits per heavy atom. The van der Waals surface area contributed by atoms with Crippen molar-refractivity contribution in [3.8, 4) is 11.5 Å². The molecule has 2 aromatic carbocycles. The first kappa shape index (κ1) is 23.3. The number of halogens is 4. The number of esters is 1. The summed E-state index contributed by atoms with van der Waals surface area (Å²) < 4.78 is 55.7. The van der Waals surface area contributed by atoms with E-state index in [4.69, 9.17) is 25.8 Å². The Bertz CT molecular complexity index is 968. The van der Waals surface area contributed by atoms with Crippen LogP contribution in [0, 0.1) is 17.5 Å². The molecule has 162 valence electrons. The average molecular weight is 446 g/mol. The molecule has 0 heterocycles. The summed E-state index contributed by atoms with van der Waals surface area (Å²) in [6.45, 7) is 4.79. The minimum absolute atomic E-state index is 0.0217. The number of carbonyl (C=O) groups is 2. The number of methoxy groups -OCH3 is 1. The van der Waals surface area contributed by atoms with Crippen LogP contribution in [0.15, 0.2) is 24.3 Å². The lowest BCUT2D eigenvalue weighted by atomic mass is 10.2. The van der Waals surface area contributed by atoms with Crippen molar-refractivity contribution in [2.75, 3.05) is 12.4 Å². The molecule has 0 aromatic heterocycles. The molecule has 0 aliphatic carbocycles. The monoisotopic (exact) mass is 445 g/mol. The molecule has 1 unspecified atom stereocenters. The van der Waals surface area contributed by atoms with Crippen LogP contribution in [0.1, 0.15) is 31.1 Å². The van der Waals surface area contributed by atoms with Gasteiger partial charge in [-0.15, -0.1) is 0 Å². The average Bonchev–Trinajstić information content (AvgIpc) is 2.69. The molecule has 0 spiro atoms. The highest BCUT2D eigenvalue weighted by Gasteiger charge is 2.24. The highest BCUT2D eigenvalue weighted by Crippen LogP contribution is 2.37. The number of benzene rings is 2. The molecule has 0 radical (unpaired) electrons. The lowest BCUT2D eigenvalue weighted by Gasteiger charge is -2.17. The Balaban J connectivity index is 2.14. The quantitative estimate of drug-likeness (QED) is 0.492. The fourth-order valence-corrected chi connectivity index (χ4v) is 2.58. The van der Waals surface area contributed by atoms with Crippen molar-refractivity contribution in [1.29, 1.82) is 0 Å². The van der Waals surface area contributed by atoms with Gasteiger partial charge in [0.1, 0.15) is 0 Å². The smallest absolute Gasteiger partial charge is 0.339 e. The van der Waals surface area contributed by atoms with Crippen LogP contribution < -0.4 is 14.8 Å². The SMILES string of the molecule is COc1cc(C(=O)OC(C)C(=O)Nc2ccc(F)c(F)c2F)cc(Cl)c1OC(C)C. The fraction of sp³-hybridized carbons (Fsp3) is 0.300. The first-order valence-corrected chi connectivity index (χ1v) is 9.12. The number of hydrogen-bond acceptors (Lipinski definition) is 5. The molecule has 0 aliphatic rings. The van der Waals surface area contributed by atoms with Crippen molar-refractivity contribution in [2.24, 2.45) is 0 Å². The highest BCUT2D eigenvalue weighted by atomic mass is 35.5. The standard InChI is InChI=1S/C20H19ClF3NO5/c1-9(2)29-18-12(21)7-11(8-15(18)28-4)20(27)30-10(3)19(26)25-14-6-5-13(22)16(23)17(14)24/h5-10H,1-4H3,(H,25,26). The lowest BCUT2D eigenvalue weighted by Crippen LogP contribution is -2.30. The summed E-state index contributed by atoms with van der Waals surface area (Å²) in [6.07, 6.45) is -1.59. The van der Waals surface area contributed by atoms with E-state index in [1.165, 1.54) is 26.2 Å². The van der Waals surface area contributed by atoms with Gasteiger partial charge in [0.25, 0.3) is 5.91 Å². The van der Waals surface area contributed by atoms with Crippen LogP contribution in [0.5, 0.6) is 11.5 Å². The van der Waals surface area contributed by atoms with Crippen molar-refractivity contribution in [3.05, 3.63) is 52.3 Å². The van der Waals surface area contributed by atoms with Crippen molar-refractivity contribution in [3.63, 3.8) is 0 Å². The summed E-state index contributed by atoms with van der Waals surface area (Å²) in [4.78, 5) is 24.5. The molecule has 2 aromatic rings. The second-order valence-electron chi connectivity index (χ2n) is 6.42. The molecule has 0 saturated carbocycles. The lowest BCUT2D eigenvalue weighted by molar-refractivity contribution is -0.123. The van der Waals surface area contributed by atoms with Crippen LogP contribution in [0.4, 0.5) is 18.9 Å². The van der Waals surface area contributed by atoms with Gasteiger partial charge in [-0.1, -0.05) is 11.6 Å². The minimum Gasteiger partial charge on any atom is -0.493 e. The van der Waals surface area contributed by atoms with Crippen LogP contribution in [0.2, 0.25) is 5.02 Å². The van der Waals surface area contributed by atoms with E-state index in [-0.39, 0.29) is 28.2 Å². The van der Waals surface area contributed by atoms with Gasteiger partial charge in [0.15, 0.2) is 35.1 Å². The number of anilines is 1. The first-order chi connectivity index (χ1) is 14.0. The Hall–Kier alpha value is -2.94. The fourth-order valence-electron chi connectivity index (χ4n) is 2.33. The highest BCUT2D eigenvalue weighted by molar-refractivity contribution is 6.32. The van der Waals surface area contributed by atoms with Crippen molar-refractivity contribution in [2.45, 2.75) is 33.0 Å². The normalized spacial score (nSPS) is 11.8. The van der Waals surface area contributed by atoms with Crippen LogP contribution in [0.3, 0.4) is 0 Å². The zero-order chi connectivity index (χ0) is 22.6. The maximum Gasteiger partial charge on any atom is 0.339 e. The summed E-state index contributed by atoms with van der Waals surface area (Å²) in [5.74, 6) is -6.15. The number of ether oxygens (including phenoxy) is 3. The minimum atomic E-state index is -1.73. The molecule has 1 amide bonds. The molecule has 1 N–H and O–H groups in total. The van der Waals surface area contributed by atoms with E-state index in [0.717, 1.165) is 6.07 Å². The summed E-state index contributed by atoms with van der Waals surface area (Å²) in [5.41, 5.74) is -0.617. The van der Waals surface area contributed by atoms with Gasteiger partial charge in [-0.05, 0) is 45.0 Å². The summed E-state index contributed by atoms with van der Waals surface area (Å²) >= 11 is 6.15. The van der Waals surface area contributed by atoms with Crippen molar-refractivity contribution >= 4 is 29.2 Å². The Morgan fingerprint density at radius 1 is 1.07 bits per heavy atom. The molecule has 0 fully saturated rings. The first-order valence-electron chi connectivity index (χ1n) is 8.74. The number of nitrogens with one attached hydrogen (secondary N) is 1. The summed E-state index contributed by atoms with van der Waals surface area (Å²) in [7, 11) is 1.36.